The van der Waals surface area contributed by atoms with E-state index in [1.54, 1.807) is 11.3 Å². The van der Waals surface area contributed by atoms with E-state index < -0.39 is 0 Å². The van der Waals surface area contributed by atoms with Gasteiger partial charge in [-0.2, -0.15) is 0 Å². The van der Waals surface area contributed by atoms with Crippen LogP contribution in [0.1, 0.15) is 32.9 Å². The van der Waals surface area contributed by atoms with Crippen LogP contribution in [0.4, 0.5) is 5.69 Å². The van der Waals surface area contributed by atoms with E-state index in [0.717, 1.165) is 56.6 Å². The van der Waals surface area contributed by atoms with Gasteiger partial charge in [0.1, 0.15) is 5.01 Å². The zero-order chi connectivity index (χ0) is 26.1. The van der Waals surface area contributed by atoms with Gasteiger partial charge in [-0.1, -0.05) is 36.4 Å². The maximum atomic E-state index is 12.9. The fraction of sp³-hybridized carbons (Fsp3) is 0.207. The van der Waals surface area contributed by atoms with Gasteiger partial charge < -0.3 is 20.5 Å². The van der Waals surface area contributed by atoms with E-state index in [9.17, 15) is 9.59 Å². The largest absolute Gasteiger partial charge is 0.358 e. The van der Waals surface area contributed by atoms with Gasteiger partial charge in [0.05, 0.1) is 16.8 Å². The number of anilines is 1. The number of hydrogen-bond acceptors (Lipinski definition) is 5. The number of thiazole rings is 1. The van der Waals surface area contributed by atoms with Gasteiger partial charge in [0.2, 0.25) is 0 Å². The number of rotatable bonds is 7. The predicted octanol–water partition coefficient (Wildman–Crippen LogP) is 5.21. The molecule has 2 aromatic heterocycles. The minimum Gasteiger partial charge on any atom is -0.358 e. The Morgan fingerprint density at radius 2 is 1.89 bits per heavy atom. The van der Waals surface area contributed by atoms with Crippen molar-refractivity contribution in [2.75, 3.05) is 32.5 Å². The molecule has 0 unspecified atom stereocenters. The van der Waals surface area contributed by atoms with E-state index in [2.05, 4.69) is 15.6 Å². The molecule has 0 atom stereocenters. The molecule has 1 aliphatic rings. The summed E-state index contributed by atoms with van der Waals surface area (Å²) in [4.78, 5) is 35.9. The highest BCUT2D eigenvalue weighted by molar-refractivity contribution is 7.13. The summed E-state index contributed by atoms with van der Waals surface area (Å²) in [6, 6.07) is 16.0. The lowest BCUT2D eigenvalue weighted by atomic mass is 10.0. The number of aromatic amines is 1. The van der Waals surface area contributed by atoms with Gasteiger partial charge in [-0.05, 0) is 51.7 Å². The van der Waals surface area contributed by atoms with Crippen molar-refractivity contribution < 1.29 is 9.59 Å². The van der Waals surface area contributed by atoms with Gasteiger partial charge in [0.15, 0.2) is 0 Å². The quantitative estimate of drug-likeness (QED) is 0.297. The summed E-state index contributed by atoms with van der Waals surface area (Å²) in [5.74, 6) is -0.284. The average Bonchev–Trinajstić information content (AvgIpc) is 3.56. The van der Waals surface area contributed by atoms with Crippen LogP contribution in [0.15, 0.2) is 53.9 Å². The highest BCUT2D eigenvalue weighted by Crippen LogP contribution is 2.38. The van der Waals surface area contributed by atoms with E-state index in [1.165, 1.54) is 0 Å². The zero-order valence-electron chi connectivity index (χ0n) is 21.3. The van der Waals surface area contributed by atoms with E-state index in [-0.39, 0.29) is 11.8 Å². The van der Waals surface area contributed by atoms with Crippen LogP contribution in [0.5, 0.6) is 0 Å². The van der Waals surface area contributed by atoms with E-state index >= 15 is 0 Å². The first kappa shape index (κ1) is 24.7. The maximum absolute atomic E-state index is 12.9. The minimum atomic E-state index is -0.168. The van der Waals surface area contributed by atoms with Gasteiger partial charge in [-0.15, -0.1) is 11.3 Å². The first-order chi connectivity index (χ1) is 17.8. The third-order valence-electron chi connectivity index (χ3n) is 6.46. The molecular formula is C29H29N5O2S. The second-order valence-corrected chi connectivity index (χ2v) is 10.3. The first-order valence-electron chi connectivity index (χ1n) is 12.1. The van der Waals surface area contributed by atoms with Crippen molar-refractivity contribution in [3.8, 4) is 21.8 Å². The molecule has 3 N–H and O–H groups in total. The lowest BCUT2D eigenvalue weighted by Gasteiger charge is -2.10. The highest BCUT2D eigenvalue weighted by atomic mass is 32.1. The molecular weight excluding hydrogens is 482 g/mol. The van der Waals surface area contributed by atoms with Crippen LogP contribution in [-0.4, -0.2) is 53.9 Å². The molecule has 0 radical (unpaired) electrons. The van der Waals surface area contributed by atoms with E-state index in [4.69, 9.17) is 4.98 Å². The predicted molar refractivity (Wildman–Crippen MR) is 151 cm³/mol. The van der Waals surface area contributed by atoms with Crippen LogP contribution in [0.25, 0.3) is 33.5 Å². The molecule has 0 bridgehead atoms. The summed E-state index contributed by atoms with van der Waals surface area (Å²) in [5, 5.41) is 8.93. The van der Waals surface area contributed by atoms with Gasteiger partial charge >= 0.3 is 0 Å². The Labute approximate surface area is 220 Å². The molecule has 8 heteroatoms. The number of aromatic nitrogens is 2. The van der Waals surface area contributed by atoms with Crippen molar-refractivity contribution in [3.63, 3.8) is 0 Å². The number of nitrogens with one attached hydrogen (secondary N) is 3. The fourth-order valence-corrected chi connectivity index (χ4v) is 5.33. The Kier molecular flexibility index (Phi) is 6.78. The van der Waals surface area contributed by atoms with Crippen LogP contribution in [0, 0.1) is 13.8 Å². The molecule has 5 rings (SSSR count). The number of amides is 2. The third kappa shape index (κ3) is 4.98. The molecule has 2 aromatic carbocycles. The lowest BCUT2D eigenvalue weighted by Crippen LogP contribution is -2.31. The van der Waals surface area contributed by atoms with E-state index in [1.807, 2.05) is 92.8 Å². The Bertz CT molecular complexity index is 1510. The van der Waals surface area contributed by atoms with Crippen LogP contribution in [-0.2, 0) is 4.79 Å². The van der Waals surface area contributed by atoms with Crippen molar-refractivity contribution in [2.45, 2.75) is 13.8 Å². The number of hydrogen-bond donors (Lipinski definition) is 3. The van der Waals surface area contributed by atoms with Crippen molar-refractivity contribution in [3.05, 3.63) is 82.0 Å². The normalized spacial score (nSPS) is 13.8. The molecule has 1 aliphatic heterocycles. The van der Waals surface area contributed by atoms with Crippen LogP contribution < -0.4 is 10.6 Å². The summed E-state index contributed by atoms with van der Waals surface area (Å²) in [5.41, 5.74) is 7.99. The molecule has 7 nitrogen and oxygen atoms in total. The van der Waals surface area contributed by atoms with Crippen molar-refractivity contribution in [1.29, 1.82) is 0 Å². The van der Waals surface area contributed by atoms with Gasteiger partial charge in [-0.25, -0.2) is 4.98 Å². The smallest absolute Gasteiger partial charge is 0.256 e. The Morgan fingerprint density at radius 3 is 2.65 bits per heavy atom. The molecule has 0 fully saturated rings. The number of carbonyl (C=O) groups is 2. The Balaban J connectivity index is 1.45. The number of nitrogens with zero attached hydrogens (tertiary/aromatic N) is 2. The molecule has 0 aliphatic carbocycles. The summed E-state index contributed by atoms with van der Waals surface area (Å²) < 4.78 is 0. The lowest BCUT2D eigenvalue weighted by molar-refractivity contribution is -0.110. The molecule has 188 valence electrons. The first-order valence-corrected chi connectivity index (χ1v) is 13.0. The molecule has 3 heterocycles. The number of H-pyrrole nitrogens is 1. The summed E-state index contributed by atoms with van der Waals surface area (Å²) in [7, 11) is 3.94. The van der Waals surface area contributed by atoms with Crippen molar-refractivity contribution in [2.24, 2.45) is 0 Å². The molecule has 0 saturated carbocycles. The number of aryl methyl sites for hydroxylation is 1. The monoisotopic (exact) mass is 511 g/mol. The SMILES string of the molecule is Cc1[nH]c(/C=C2\C(=O)Nc3ccc(-c4csc(-c5ccccc5)n4)cc32)c(C)c1C(=O)NCCN(C)C. The number of likely N-dealkylation sites (N-methyl/N-ethyl adjacent to an activating group) is 1. The van der Waals surface area contributed by atoms with Crippen LogP contribution in [0.3, 0.4) is 0 Å². The molecule has 0 spiro atoms. The summed E-state index contributed by atoms with van der Waals surface area (Å²) in [6.07, 6.45) is 1.83. The highest BCUT2D eigenvalue weighted by Gasteiger charge is 2.26. The standard InChI is InChI=1S/C29H29N5O2S/c1-17-24(31-18(2)26(17)28(36)30-12-13-34(3)4)15-22-21-14-20(10-11-23(21)32-27(22)35)25-16-37-29(33-25)19-8-6-5-7-9-19/h5-11,14-16,31H,12-13H2,1-4H3,(H,30,36)(H,32,35)/b22-15-. The molecule has 2 amide bonds. The van der Waals surface area contributed by atoms with Crippen molar-refractivity contribution in [1.82, 2.24) is 20.2 Å². The fourth-order valence-electron chi connectivity index (χ4n) is 4.50. The number of benzene rings is 2. The van der Waals surface area contributed by atoms with Gasteiger partial charge in [-0.3, -0.25) is 9.59 Å². The van der Waals surface area contributed by atoms with Gasteiger partial charge in [0.25, 0.3) is 11.8 Å². The summed E-state index contributed by atoms with van der Waals surface area (Å²) in [6.45, 7) is 5.11. The minimum absolute atomic E-state index is 0.117. The van der Waals surface area contributed by atoms with Crippen molar-refractivity contribution >= 4 is 40.5 Å². The summed E-state index contributed by atoms with van der Waals surface area (Å²) >= 11 is 1.60. The number of carbonyl (C=O) groups excluding carboxylic acids is 2. The van der Waals surface area contributed by atoms with Crippen LogP contribution in [0.2, 0.25) is 0 Å². The Morgan fingerprint density at radius 1 is 1.11 bits per heavy atom. The maximum Gasteiger partial charge on any atom is 0.256 e. The Hall–Kier alpha value is -4.01. The van der Waals surface area contributed by atoms with Gasteiger partial charge in [0, 0.05) is 52.2 Å². The molecule has 0 saturated heterocycles. The van der Waals surface area contributed by atoms with E-state index in [0.29, 0.717) is 17.7 Å². The third-order valence-corrected chi connectivity index (χ3v) is 7.35. The zero-order valence-corrected chi connectivity index (χ0v) is 22.1. The molecule has 37 heavy (non-hydrogen) atoms. The average molecular weight is 512 g/mol. The molecule has 4 aromatic rings. The topological polar surface area (TPSA) is 90.1 Å². The second-order valence-electron chi connectivity index (χ2n) is 9.40. The number of fused-ring (bicyclic) bond motifs is 1. The van der Waals surface area contributed by atoms with Crippen LogP contribution >= 0.6 is 11.3 Å². The second kappa shape index (κ2) is 10.2.